The number of carbonyl (C=O) groups is 1. The lowest BCUT2D eigenvalue weighted by molar-refractivity contribution is -0.118. The molecular formula is C26H25N3O3. The molecular weight excluding hydrogens is 402 g/mol. The lowest BCUT2D eigenvalue weighted by Crippen LogP contribution is -2.21. The van der Waals surface area contributed by atoms with E-state index in [9.17, 15) is 4.79 Å². The molecule has 0 saturated heterocycles. The second-order valence-electron chi connectivity index (χ2n) is 7.25. The summed E-state index contributed by atoms with van der Waals surface area (Å²) in [6, 6.07) is 25.3. The number of ether oxygens (including phenoxy) is 2. The standard InChI is InChI=1S/C26H25N3O3/c30-26(19-32-24-12-6-4-10-22(24)18-21-8-2-1-3-9-21)28-23-11-5-7-13-25(23)31-17-16-29-15-14-27-20-29/h1-15,20H,16-19H2,(H,28,30). The second-order valence-corrected chi connectivity index (χ2v) is 7.25. The van der Waals surface area contributed by atoms with Crippen LogP contribution in [0.25, 0.3) is 0 Å². The molecule has 3 aromatic carbocycles. The van der Waals surface area contributed by atoms with Gasteiger partial charge < -0.3 is 19.4 Å². The van der Waals surface area contributed by atoms with Crippen LogP contribution in [0.2, 0.25) is 0 Å². The lowest BCUT2D eigenvalue weighted by Gasteiger charge is -2.14. The Bertz CT molecular complexity index is 1130. The monoisotopic (exact) mass is 427 g/mol. The Kier molecular flexibility index (Phi) is 7.16. The van der Waals surface area contributed by atoms with Gasteiger partial charge in [0, 0.05) is 18.8 Å². The van der Waals surface area contributed by atoms with E-state index in [1.165, 1.54) is 5.56 Å². The van der Waals surface area contributed by atoms with Crippen LogP contribution >= 0.6 is 0 Å². The van der Waals surface area contributed by atoms with Crippen molar-refractivity contribution in [2.24, 2.45) is 0 Å². The maximum atomic E-state index is 12.6. The van der Waals surface area contributed by atoms with Gasteiger partial charge in [0.2, 0.25) is 0 Å². The fourth-order valence-electron chi connectivity index (χ4n) is 3.31. The van der Waals surface area contributed by atoms with Crippen molar-refractivity contribution in [2.45, 2.75) is 13.0 Å². The Morgan fingerprint density at radius 1 is 0.875 bits per heavy atom. The van der Waals surface area contributed by atoms with Crippen molar-refractivity contribution in [2.75, 3.05) is 18.5 Å². The van der Waals surface area contributed by atoms with Crippen LogP contribution < -0.4 is 14.8 Å². The molecule has 0 bridgehead atoms. The van der Waals surface area contributed by atoms with E-state index in [0.29, 0.717) is 30.3 Å². The van der Waals surface area contributed by atoms with Crippen molar-refractivity contribution in [3.63, 3.8) is 0 Å². The maximum Gasteiger partial charge on any atom is 0.262 e. The molecule has 6 nitrogen and oxygen atoms in total. The number of anilines is 1. The number of hydrogen-bond donors (Lipinski definition) is 1. The van der Waals surface area contributed by atoms with E-state index in [0.717, 1.165) is 12.0 Å². The summed E-state index contributed by atoms with van der Waals surface area (Å²) < 4.78 is 13.6. The Hall–Kier alpha value is -4.06. The van der Waals surface area contributed by atoms with E-state index >= 15 is 0 Å². The van der Waals surface area contributed by atoms with Crippen LogP contribution in [0.1, 0.15) is 11.1 Å². The van der Waals surface area contributed by atoms with Crippen LogP contribution in [-0.2, 0) is 17.8 Å². The second kappa shape index (κ2) is 10.8. The van der Waals surface area contributed by atoms with Crippen LogP contribution in [-0.4, -0.2) is 28.7 Å². The molecule has 1 aromatic heterocycles. The average molecular weight is 428 g/mol. The van der Waals surface area contributed by atoms with E-state index in [1.807, 2.05) is 77.5 Å². The number of hydrogen-bond acceptors (Lipinski definition) is 4. The summed E-state index contributed by atoms with van der Waals surface area (Å²) >= 11 is 0. The van der Waals surface area contributed by atoms with Crippen molar-refractivity contribution >= 4 is 11.6 Å². The van der Waals surface area contributed by atoms with Gasteiger partial charge in [-0.3, -0.25) is 4.79 Å². The summed E-state index contributed by atoms with van der Waals surface area (Å²) in [5.41, 5.74) is 2.84. The molecule has 0 aliphatic rings. The molecule has 0 saturated carbocycles. The molecule has 4 rings (SSSR count). The maximum absolute atomic E-state index is 12.6. The molecule has 0 atom stereocenters. The highest BCUT2D eigenvalue weighted by Crippen LogP contribution is 2.24. The van der Waals surface area contributed by atoms with Gasteiger partial charge in [-0.05, 0) is 29.3 Å². The van der Waals surface area contributed by atoms with Crippen molar-refractivity contribution < 1.29 is 14.3 Å². The van der Waals surface area contributed by atoms with E-state index in [2.05, 4.69) is 22.4 Å². The Morgan fingerprint density at radius 3 is 2.44 bits per heavy atom. The van der Waals surface area contributed by atoms with Crippen LogP contribution in [0.15, 0.2) is 97.6 Å². The fourth-order valence-corrected chi connectivity index (χ4v) is 3.31. The van der Waals surface area contributed by atoms with Gasteiger partial charge in [-0.15, -0.1) is 0 Å². The van der Waals surface area contributed by atoms with Crippen LogP contribution in [0.4, 0.5) is 5.69 Å². The molecule has 0 radical (unpaired) electrons. The third-order valence-corrected chi connectivity index (χ3v) is 4.90. The van der Waals surface area contributed by atoms with E-state index in [-0.39, 0.29) is 12.5 Å². The number of nitrogens with one attached hydrogen (secondary N) is 1. The highest BCUT2D eigenvalue weighted by Gasteiger charge is 2.10. The fraction of sp³-hybridized carbons (Fsp3) is 0.154. The molecule has 4 aromatic rings. The summed E-state index contributed by atoms with van der Waals surface area (Å²) in [5.74, 6) is 1.08. The Morgan fingerprint density at radius 2 is 1.62 bits per heavy atom. The zero-order valence-corrected chi connectivity index (χ0v) is 17.7. The van der Waals surface area contributed by atoms with Gasteiger partial charge in [-0.1, -0.05) is 60.7 Å². The van der Waals surface area contributed by atoms with E-state index in [1.54, 1.807) is 12.5 Å². The van der Waals surface area contributed by atoms with Crippen molar-refractivity contribution in [3.8, 4) is 11.5 Å². The number of aromatic nitrogens is 2. The predicted octanol–water partition coefficient (Wildman–Crippen LogP) is 4.57. The average Bonchev–Trinajstić information content (AvgIpc) is 3.34. The Balaban J connectivity index is 1.33. The first-order valence-electron chi connectivity index (χ1n) is 10.5. The molecule has 1 heterocycles. The number of benzene rings is 3. The number of imidazole rings is 1. The number of carbonyl (C=O) groups excluding carboxylic acids is 1. The quantitative estimate of drug-likeness (QED) is 0.403. The van der Waals surface area contributed by atoms with Gasteiger partial charge in [0.25, 0.3) is 5.91 Å². The smallest absolute Gasteiger partial charge is 0.262 e. The molecule has 0 fully saturated rings. The van der Waals surface area contributed by atoms with Crippen LogP contribution in [0.5, 0.6) is 11.5 Å². The van der Waals surface area contributed by atoms with Gasteiger partial charge in [0.1, 0.15) is 18.1 Å². The zero-order valence-electron chi connectivity index (χ0n) is 17.7. The molecule has 1 amide bonds. The van der Waals surface area contributed by atoms with Crippen LogP contribution in [0, 0.1) is 0 Å². The first kappa shape index (κ1) is 21.2. The minimum Gasteiger partial charge on any atom is -0.490 e. The molecule has 32 heavy (non-hydrogen) atoms. The summed E-state index contributed by atoms with van der Waals surface area (Å²) in [6.07, 6.45) is 6.09. The molecule has 0 unspecified atom stereocenters. The third kappa shape index (κ3) is 5.98. The summed E-state index contributed by atoms with van der Waals surface area (Å²) in [6.45, 7) is 1.05. The number of rotatable bonds is 10. The normalized spacial score (nSPS) is 10.5. The van der Waals surface area contributed by atoms with Crippen molar-refractivity contribution in [1.29, 1.82) is 0 Å². The van der Waals surface area contributed by atoms with Gasteiger partial charge in [0.05, 0.1) is 18.6 Å². The number of nitrogens with zero attached hydrogens (tertiary/aromatic N) is 2. The molecule has 0 spiro atoms. The van der Waals surface area contributed by atoms with Gasteiger partial charge in [-0.2, -0.15) is 0 Å². The SMILES string of the molecule is O=C(COc1ccccc1Cc1ccccc1)Nc1ccccc1OCCn1ccnc1. The summed E-state index contributed by atoms with van der Waals surface area (Å²) in [5, 5.41) is 2.89. The zero-order chi connectivity index (χ0) is 22.0. The minimum absolute atomic E-state index is 0.0881. The number of para-hydroxylation sites is 3. The highest BCUT2D eigenvalue weighted by molar-refractivity contribution is 5.93. The summed E-state index contributed by atoms with van der Waals surface area (Å²) in [7, 11) is 0. The topological polar surface area (TPSA) is 65.4 Å². The molecule has 1 N–H and O–H groups in total. The van der Waals surface area contributed by atoms with E-state index in [4.69, 9.17) is 9.47 Å². The molecule has 6 heteroatoms. The lowest BCUT2D eigenvalue weighted by atomic mass is 10.0. The van der Waals surface area contributed by atoms with Gasteiger partial charge in [0.15, 0.2) is 6.61 Å². The molecule has 0 aliphatic heterocycles. The molecule has 0 aliphatic carbocycles. The highest BCUT2D eigenvalue weighted by atomic mass is 16.5. The van der Waals surface area contributed by atoms with Crippen molar-refractivity contribution in [1.82, 2.24) is 9.55 Å². The van der Waals surface area contributed by atoms with Crippen molar-refractivity contribution in [3.05, 3.63) is 109 Å². The molecule has 162 valence electrons. The predicted molar refractivity (Wildman–Crippen MR) is 124 cm³/mol. The number of amides is 1. The Labute approximate surface area is 187 Å². The van der Waals surface area contributed by atoms with Gasteiger partial charge in [-0.25, -0.2) is 4.98 Å². The van der Waals surface area contributed by atoms with Gasteiger partial charge >= 0.3 is 0 Å². The van der Waals surface area contributed by atoms with E-state index < -0.39 is 0 Å². The largest absolute Gasteiger partial charge is 0.490 e. The first-order chi connectivity index (χ1) is 15.8. The first-order valence-corrected chi connectivity index (χ1v) is 10.5. The minimum atomic E-state index is -0.245. The van der Waals surface area contributed by atoms with Crippen LogP contribution in [0.3, 0.4) is 0 Å². The summed E-state index contributed by atoms with van der Waals surface area (Å²) in [4.78, 5) is 16.6. The third-order valence-electron chi connectivity index (χ3n) is 4.90.